The number of amides is 1. The van der Waals surface area contributed by atoms with Crippen molar-refractivity contribution in [1.82, 2.24) is 44.6 Å². The number of sulfonamides is 2. The molecule has 0 saturated heterocycles. The zero-order chi connectivity index (χ0) is 55.4. The van der Waals surface area contributed by atoms with Crippen LogP contribution >= 0.6 is 0 Å². The van der Waals surface area contributed by atoms with E-state index in [0.29, 0.717) is 53.1 Å². The zero-order valence-corrected chi connectivity index (χ0v) is 44.9. The summed E-state index contributed by atoms with van der Waals surface area (Å²) >= 11 is 0. The summed E-state index contributed by atoms with van der Waals surface area (Å²) in [7, 11) is -7.68. The fraction of sp³-hybridized carbons (Fsp3) is 0.136. The molecular weight excluding hydrogens is 1040 g/mol. The van der Waals surface area contributed by atoms with Gasteiger partial charge in [0.25, 0.3) is 10.0 Å². The molecule has 10 rings (SSSR count). The summed E-state index contributed by atoms with van der Waals surface area (Å²) in [6.07, 6.45) is 10.4. The highest BCUT2D eigenvalue weighted by atomic mass is 32.2. The summed E-state index contributed by atoms with van der Waals surface area (Å²) in [6, 6.07) is 47.1. The zero-order valence-electron chi connectivity index (χ0n) is 43.2. The summed E-state index contributed by atoms with van der Waals surface area (Å²) in [5.41, 5.74) is 8.96. The average Bonchev–Trinajstić information content (AvgIpc) is 3.52. The number of carbonyl (C=O) groups excluding carboxylic acids is 1. The summed E-state index contributed by atoms with van der Waals surface area (Å²) in [4.78, 5) is 48.8. The molecular formula is C59H54N12O6S2. The molecule has 0 unspecified atom stereocenters. The number of hydrogen-bond acceptors (Lipinski definition) is 16. The molecule has 0 aliphatic heterocycles. The summed E-state index contributed by atoms with van der Waals surface area (Å²) in [6.45, 7) is 5.86. The van der Waals surface area contributed by atoms with Gasteiger partial charge in [-0.25, -0.2) is 51.4 Å². The number of aryl methyl sites for hydroxylation is 1. The first-order chi connectivity index (χ1) is 38.0. The Balaban J connectivity index is 0.000000195. The molecule has 10 aromatic rings. The van der Waals surface area contributed by atoms with Crippen molar-refractivity contribution in [2.24, 2.45) is 5.14 Å². The van der Waals surface area contributed by atoms with Crippen LogP contribution in [-0.4, -0.2) is 74.2 Å². The molecule has 18 nitrogen and oxygen atoms in total. The van der Waals surface area contributed by atoms with Gasteiger partial charge in [-0.15, -0.1) is 0 Å². The van der Waals surface area contributed by atoms with Crippen molar-refractivity contribution in [3.8, 4) is 45.0 Å². The minimum Gasteiger partial charge on any atom is -0.443 e. The molecule has 0 aliphatic rings. The van der Waals surface area contributed by atoms with Crippen LogP contribution < -0.4 is 20.5 Å². The molecule has 0 aliphatic carbocycles. The van der Waals surface area contributed by atoms with Crippen molar-refractivity contribution in [1.29, 1.82) is 0 Å². The first-order valence-electron chi connectivity index (χ1n) is 24.9. The summed E-state index contributed by atoms with van der Waals surface area (Å²) in [5, 5.41) is 14.7. The van der Waals surface area contributed by atoms with Crippen LogP contribution in [0.4, 0.5) is 16.4 Å². The lowest BCUT2D eigenvalue weighted by Gasteiger charge is -2.19. The van der Waals surface area contributed by atoms with Gasteiger partial charge in [0.05, 0.1) is 57.4 Å². The largest absolute Gasteiger partial charge is 0.443 e. The Bertz CT molecular complexity index is 4030. The fourth-order valence-corrected chi connectivity index (χ4v) is 9.44. The maximum Gasteiger partial charge on any atom is 0.421 e. The Morgan fingerprint density at radius 1 is 0.582 bits per heavy atom. The van der Waals surface area contributed by atoms with Crippen molar-refractivity contribution in [3.63, 3.8) is 0 Å². The van der Waals surface area contributed by atoms with Crippen LogP contribution in [0.2, 0.25) is 0 Å². The Kier molecular flexibility index (Phi) is 16.7. The number of carbonyl (C=O) groups is 1. The number of nitrogens with two attached hydrogens (primary N) is 1. The van der Waals surface area contributed by atoms with Gasteiger partial charge in [0.2, 0.25) is 10.0 Å². The van der Waals surface area contributed by atoms with Gasteiger partial charge in [-0.2, -0.15) is 0 Å². The van der Waals surface area contributed by atoms with Gasteiger partial charge in [-0.1, -0.05) is 97.1 Å². The van der Waals surface area contributed by atoms with Crippen LogP contribution in [0, 0.1) is 0 Å². The molecule has 6 heterocycles. The highest BCUT2D eigenvalue weighted by molar-refractivity contribution is 7.93. The van der Waals surface area contributed by atoms with Crippen molar-refractivity contribution in [2.45, 2.75) is 45.9 Å². The number of benzene rings is 4. The highest BCUT2D eigenvalue weighted by Gasteiger charge is 2.21. The van der Waals surface area contributed by atoms with Gasteiger partial charge >= 0.3 is 6.09 Å². The second-order valence-electron chi connectivity index (χ2n) is 18.9. The quantitative estimate of drug-likeness (QED) is 0.0701. The molecule has 0 radical (unpaired) electrons. The van der Waals surface area contributed by atoms with Crippen LogP contribution in [0.25, 0.3) is 72.9 Å². The van der Waals surface area contributed by atoms with Gasteiger partial charge in [0.1, 0.15) is 17.2 Å². The lowest BCUT2D eigenvalue weighted by Crippen LogP contribution is -2.35. The third-order valence-electron chi connectivity index (χ3n) is 11.8. The van der Waals surface area contributed by atoms with E-state index in [1.165, 1.54) is 12.3 Å². The van der Waals surface area contributed by atoms with E-state index in [1.807, 2.05) is 126 Å². The third-order valence-corrected chi connectivity index (χ3v) is 13.5. The van der Waals surface area contributed by atoms with Crippen molar-refractivity contribution < 1.29 is 26.4 Å². The minimum absolute atomic E-state index is 0.159. The average molecular weight is 1090 g/mol. The van der Waals surface area contributed by atoms with Gasteiger partial charge < -0.3 is 15.4 Å². The number of nitrogens with one attached hydrogen (secondary N) is 3. The number of primary sulfonamides is 1. The number of anilines is 2. The maximum absolute atomic E-state index is 12.4. The van der Waals surface area contributed by atoms with E-state index in [0.717, 1.165) is 66.4 Å². The van der Waals surface area contributed by atoms with E-state index in [2.05, 4.69) is 48.8 Å². The lowest BCUT2D eigenvalue weighted by molar-refractivity contribution is 0.0570. The molecule has 1 amide bonds. The van der Waals surface area contributed by atoms with E-state index in [4.69, 9.17) is 29.8 Å². The van der Waals surface area contributed by atoms with Gasteiger partial charge in [0, 0.05) is 48.3 Å². The maximum atomic E-state index is 12.4. The number of aromatic nitrogens is 8. The number of hydrogen-bond donors (Lipinski definition) is 4. The number of ether oxygens (including phenoxy) is 1. The van der Waals surface area contributed by atoms with E-state index in [1.54, 1.807) is 57.8 Å². The second-order valence-corrected chi connectivity index (χ2v) is 22.2. The monoisotopic (exact) mass is 1090 g/mol. The van der Waals surface area contributed by atoms with Gasteiger partial charge in [-0.05, 0) is 115 Å². The smallest absolute Gasteiger partial charge is 0.421 e. The van der Waals surface area contributed by atoms with Crippen molar-refractivity contribution >= 4 is 65.7 Å². The van der Waals surface area contributed by atoms with Gasteiger partial charge in [-0.3, -0.25) is 19.9 Å². The number of fused-ring (bicyclic) bond motifs is 2. The summed E-state index contributed by atoms with van der Waals surface area (Å²) < 4.78 is 54.6. The fourth-order valence-electron chi connectivity index (χ4n) is 8.25. The molecule has 0 atom stereocenters. The topological polar surface area (TPSA) is 260 Å². The van der Waals surface area contributed by atoms with Crippen LogP contribution in [0.5, 0.6) is 0 Å². The molecule has 0 fully saturated rings. The Hall–Kier alpha value is -9.37. The predicted octanol–water partition coefficient (Wildman–Crippen LogP) is 10.4. The third kappa shape index (κ3) is 15.0. The van der Waals surface area contributed by atoms with Crippen LogP contribution in [-0.2, 0) is 44.3 Å². The second kappa shape index (κ2) is 24.3. The molecule has 0 saturated carbocycles. The highest BCUT2D eigenvalue weighted by Crippen LogP contribution is 2.36. The number of nitrogens with zero attached hydrogens (tertiary/aromatic N) is 8. The standard InChI is InChI=1S/C32H30N6O4S.C27H24N6O2S/c1-32(2,3)42-31(39)38-43(40,41)17-15-22-18-24(20-33-19-22)29-36-27-14-9-13-26(23-10-5-4-6-11-23)28(27)30(37-29)35-21-25-12-7-8-16-34-25;28-36(34,35)14-12-19-15-21(17-29-16-19)26-32-24-11-6-10-23(20-7-2-1-3-8-20)25(24)27(33-26)31-18-22-9-4-5-13-30-22/h4-20H,21H2,1-3H3,(H,38,39)(H,35,36,37);1-11,13,15-17H,12,14,18H2,(H2,28,34,35)(H,31,32,33)/b17-15+;. The number of rotatable bonds is 16. The normalized spacial score (nSPS) is 11.7. The molecule has 0 spiro atoms. The molecule has 0 bridgehead atoms. The van der Waals surface area contributed by atoms with Crippen molar-refractivity contribution in [3.05, 3.63) is 211 Å². The Labute approximate surface area is 457 Å². The van der Waals surface area contributed by atoms with Crippen molar-refractivity contribution in [2.75, 3.05) is 16.4 Å². The summed E-state index contributed by atoms with van der Waals surface area (Å²) in [5.74, 6) is 2.03. The molecule has 20 heteroatoms. The van der Waals surface area contributed by atoms with Crippen LogP contribution in [0.1, 0.15) is 43.3 Å². The van der Waals surface area contributed by atoms with Crippen LogP contribution in [0.3, 0.4) is 0 Å². The van der Waals surface area contributed by atoms with Crippen LogP contribution in [0.15, 0.2) is 188 Å². The Morgan fingerprint density at radius 3 is 1.58 bits per heavy atom. The lowest BCUT2D eigenvalue weighted by atomic mass is 10.0. The molecule has 79 heavy (non-hydrogen) atoms. The van der Waals surface area contributed by atoms with E-state index in [9.17, 15) is 21.6 Å². The molecule has 4 aromatic carbocycles. The first kappa shape index (κ1) is 54.4. The molecule has 6 aromatic heterocycles. The van der Waals surface area contributed by atoms with E-state index < -0.39 is 31.7 Å². The Morgan fingerprint density at radius 2 is 1.09 bits per heavy atom. The number of pyridine rings is 4. The molecule has 5 N–H and O–H groups in total. The molecule has 398 valence electrons. The van der Waals surface area contributed by atoms with E-state index >= 15 is 0 Å². The van der Waals surface area contributed by atoms with Gasteiger partial charge in [0.15, 0.2) is 11.6 Å². The first-order valence-corrected chi connectivity index (χ1v) is 28.1. The minimum atomic E-state index is -4.11. The van der Waals surface area contributed by atoms with E-state index in [-0.39, 0.29) is 12.2 Å². The predicted molar refractivity (Wildman–Crippen MR) is 309 cm³/mol. The SMILES string of the molecule is CC(C)(C)OC(=O)NS(=O)(=O)/C=C/c1cncc(-c2nc(NCc3ccccn3)c3c(-c4ccccc4)cccc3n2)c1.NS(=O)(=O)CCc1cncc(-c2nc(NCc3ccccn3)c3c(-c4ccccc4)cccc3n2)c1.